The van der Waals surface area contributed by atoms with E-state index >= 15 is 0 Å². The molecule has 1 saturated heterocycles. The lowest BCUT2D eigenvalue weighted by atomic mass is 9.84. The van der Waals surface area contributed by atoms with Crippen LogP contribution in [0.5, 0.6) is 0 Å². The second-order valence-electron chi connectivity index (χ2n) is 8.39. The summed E-state index contributed by atoms with van der Waals surface area (Å²) in [6.07, 6.45) is 3.19. The molecule has 2 atom stereocenters. The first-order valence-electron chi connectivity index (χ1n) is 10.5. The minimum atomic E-state index is -0.976. The van der Waals surface area contributed by atoms with E-state index in [1.165, 1.54) is 17.0 Å². The summed E-state index contributed by atoms with van der Waals surface area (Å²) in [4.78, 5) is 27.9. The van der Waals surface area contributed by atoms with Crippen molar-refractivity contribution in [3.8, 4) is 11.1 Å². The molecule has 0 spiro atoms. The Balaban J connectivity index is 1.60. The van der Waals surface area contributed by atoms with Crippen molar-refractivity contribution < 1.29 is 19.1 Å². The average molecular weight is 410 g/mol. The minimum absolute atomic E-state index is 0.0833. The van der Waals surface area contributed by atoms with Crippen LogP contribution in [-0.2, 0) is 11.2 Å². The van der Waals surface area contributed by atoms with E-state index in [2.05, 4.69) is 0 Å². The molecule has 2 fully saturated rings. The van der Waals surface area contributed by atoms with E-state index in [9.17, 15) is 19.1 Å². The zero-order valence-electron chi connectivity index (χ0n) is 17.1. The molecule has 2 unspecified atom stereocenters. The lowest BCUT2D eigenvalue weighted by Crippen LogP contribution is -2.50. The van der Waals surface area contributed by atoms with Crippen LogP contribution in [0.15, 0.2) is 48.5 Å². The van der Waals surface area contributed by atoms with E-state index in [1.807, 2.05) is 35.2 Å². The van der Waals surface area contributed by atoms with Crippen LogP contribution < -0.4 is 0 Å². The van der Waals surface area contributed by atoms with Gasteiger partial charge in [0.2, 0.25) is 5.91 Å². The zero-order valence-corrected chi connectivity index (χ0v) is 17.1. The van der Waals surface area contributed by atoms with Crippen molar-refractivity contribution in [3.05, 3.63) is 59.9 Å². The standard InChI is InChI=1S/C24H27FN2O3/c1-26(24(29)30)21-11-12-27(23(28)17-6-3-7-17)22(21)14-16-5-2-8-18(13-16)19-9-4-10-20(25)15-19/h2,4-5,8-10,13,15,17,21-22H,3,6-7,11-12,14H2,1H3,(H,29,30). The molecule has 0 bridgehead atoms. The van der Waals surface area contributed by atoms with Gasteiger partial charge in [-0.1, -0.05) is 42.8 Å². The van der Waals surface area contributed by atoms with E-state index in [0.29, 0.717) is 19.4 Å². The first-order valence-corrected chi connectivity index (χ1v) is 10.5. The summed E-state index contributed by atoms with van der Waals surface area (Å²) in [5.41, 5.74) is 2.72. The van der Waals surface area contributed by atoms with Gasteiger partial charge in [-0.05, 0) is 54.5 Å². The number of hydrogen-bond acceptors (Lipinski definition) is 2. The van der Waals surface area contributed by atoms with Crippen molar-refractivity contribution in [3.63, 3.8) is 0 Å². The molecule has 2 aromatic rings. The van der Waals surface area contributed by atoms with Crippen molar-refractivity contribution in [2.75, 3.05) is 13.6 Å². The molecule has 1 aliphatic heterocycles. The molecule has 2 aromatic carbocycles. The number of benzene rings is 2. The molecule has 1 N–H and O–H groups in total. The summed E-state index contributed by atoms with van der Waals surface area (Å²) in [6, 6.07) is 13.9. The van der Waals surface area contributed by atoms with Gasteiger partial charge in [0.15, 0.2) is 0 Å². The quantitative estimate of drug-likeness (QED) is 0.794. The largest absolute Gasteiger partial charge is 0.465 e. The molecule has 5 nitrogen and oxygen atoms in total. The summed E-state index contributed by atoms with van der Waals surface area (Å²) < 4.78 is 13.6. The summed E-state index contributed by atoms with van der Waals surface area (Å²) >= 11 is 0. The first kappa shape index (κ1) is 20.4. The molecular weight excluding hydrogens is 383 g/mol. The molecule has 0 aromatic heterocycles. The van der Waals surface area contributed by atoms with Gasteiger partial charge in [-0.3, -0.25) is 4.79 Å². The van der Waals surface area contributed by atoms with Crippen molar-refractivity contribution in [2.24, 2.45) is 5.92 Å². The molecule has 30 heavy (non-hydrogen) atoms. The van der Waals surface area contributed by atoms with Crippen LogP contribution >= 0.6 is 0 Å². The van der Waals surface area contributed by atoms with Crippen LogP contribution in [0.2, 0.25) is 0 Å². The third-order valence-electron chi connectivity index (χ3n) is 6.58. The Morgan fingerprint density at radius 1 is 1.10 bits per heavy atom. The van der Waals surface area contributed by atoms with Crippen LogP contribution in [0.25, 0.3) is 11.1 Å². The van der Waals surface area contributed by atoms with Gasteiger partial charge in [-0.25, -0.2) is 9.18 Å². The van der Waals surface area contributed by atoms with E-state index in [1.54, 1.807) is 13.1 Å². The van der Waals surface area contributed by atoms with Gasteiger partial charge in [0.05, 0.1) is 12.1 Å². The fourth-order valence-electron chi connectivity index (χ4n) is 4.63. The Labute approximate surface area is 176 Å². The molecule has 2 amide bonds. The van der Waals surface area contributed by atoms with Crippen LogP contribution in [0.4, 0.5) is 9.18 Å². The van der Waals surface area contributed by atoms with E-state index in [0.717, 1.165) is 36.0 Å². The predicted molar refractivity (Wildman–Crippen MR) is 113 cm³/mol. The van der Waals surface area contributed by atoms with Gasteiger partial charge in [-0.2, -0.15) is 0 Å². The molecule has 6 heteroatoms. The SMILES string of the molecule is CN(C(=O)O)C1CCN(C(=O)C2CCC2)C1Cc1cccc(-c2cccc(F)c2)c1. The number of amides is 2. The summed E-state index contributed by atoms with van der Waals surface area (Å²) in [7, 11) is 1.58. The van der Waals surface area contributed by atoms with Gasteiger partial charge in [-0.15, -0.1) is 0 Å². The number of nitrogens with zero attached hydrogens (tertiary/aromatic N) is 2. The van der Waals surface area contributed by atoms with Crippen molar-refractivity contribution in [1.82, 2.24) is 9.80 Å². The summed E-state index contributed by atoms with van der Waals surface area (Å²) in [6.45, 7) is 0.589. The molecule has 2 aliphatic rings. The highest BCUT2D eigenvalue weighted by Gasteiger charge is 2.43. The maximum atomic E-state index is 13.6. The number of likely N-dealkylation sites (tertiary alicyclic amines) is 1. The molecule has 0 radical (unpaired) electrons. The molecule has 1 aliphatic carbocycles. The number of carbonyl (C=O) groups is 2. The van der Waals surface area contributed by atoms with Crippen LogP contribution in [-0.4, -0.2) is 52.6 Å². The second-order valence-corrected chi connectivity index (χ2v) is 8.39. The first-order chi connectivity index (χ1) is 14.4. The predicted octanol–water partition coefficient (Wildman–Crippen LogP) is 4.41. The number of carboxylic acid groups (broad SMARTS) is 1. The third-order valence-corrected chi connectivity index (χ3v) is 6.58. The highest BCUT2D eigenvalue weighted by Crippen LogP contribution is 2.34. The Kier molecular flexibility index (Phi) is 5.75. The molecular formula is C24H27FN2O3. The number of carbonyl (C=O) groups excluding carboxylic acids is 1. The summed E-state index contributed by atoms with van der Waals surface area (Å²) in [5, 5.41) is 9.52. The van der Waals surface area contributed by atoms with E-state index in [-0.39, 0.29) is 29.7 Å². The molecule has 1 saturated carbocycles. The van der Waals surface area contributed by atoms with Crippen LogP contribution in [0, 0.1) is 11.7 Å². The fourth-order valence-corrected chi connectivity index (χ4v) is 4.63. The maximum absolute atomic E-state index is 13.6. The number of hydrogen-bond donors (Lipinski definition) is 1. The maximum Gasteiger partial charge on any atom is 0.407 e. The Morgan fingerprint density at radius 2 is 1.80 bits per heavy atom. The van der Waals surface area contributed by atoms with Crippen molar-refractivity contribution in [1.29, 1.82) is 0 Å². The van der Waals surface area contributed by atoms with Gasteiger partial charge < -0.3 is 14.9 Å². The summed E-state index contributed by atoms with van der Waals surface area (Å²) in [5.74, 6) is -0.0389. The molecule has 4 rings (SSSR count). The molecule has 158 valence electrons. The van der Waals surface area contributed by atoms with Gasteiger partial charge in [0, 0.05) is 19.5 Å². The van der Waals surface area contributed by atoms with Gasteiger partial charge >= 0.3 is 6.09 Å². The van der Waals surface area contributed by atoms with Gasteiger partial charge in [0.25, 0.3) is 0 Å². The Morgan fingerprint density at radius 3 is 2.43 bits per heavy atom. The van der Waals surface area contributed by atoms with E-state index < -0.39 is 6.09 Å². The second kappa shape index (κ2) is 8.46. The highest BCUT2D eigenvalue weighted by molar-refractivity contribution is 5.80. The Hall–Kier alpha value is -2.89. The highest BCUT2D eigenvalue weighted by atomic mass is 19.1. The normalized spacial score (nSPS) is 21.3. The minimum Gasteiger partial charge on any atom is -0.465 e. The monoisotopic (exact) mass is 410 g/mol. The van der Waals surface area contributed by atoms with Gasteiger partial charge in [0.1, 0.15) is 5.82 Å². The molecule has 1 heterocycles. The number of halogens is 1. The van der Waals surface area contributed by atoms with Crippen molar-refractivity contribution in [2.45, 2.75) is 44.2 Å². The third kappa shape index (κ3) is 4.04. The zero-order chi connectivity index (χ0) is 21.3. The lowest BCUT2D eigenvalue weighted by Gasteiger charge is -2.36. The smallest absolute Gasteiger partial charge is 0.407 e. The van der Waals surface area contributed by atoms with Crippen LogP contribution in [0.3, 0.4) is 0 Å². The number of likely N-dealkylation sites (N-methyl/N-ethyl adjacent to an activating group) is 1. The average Bonchev–Trinajstić information content (AvgIpc) is 3.09. The lowest BCUT2D eigenvalue weighted by molar-refractivity contribution is -0.139. The fraction of sp³-hybridized carbons (Fsp3) is 0.417. The topological polar surface area (TPSA) is 60.9 Å². The van der Waals surface area contributed by atoms with Crippen molar-refractivity contribution >= 4 is 12.0 Å². The Bertz CT molecular complexity index is 944. The number of rotatable bonds is 5. The van der Waals surface area contributed by atoms with E-state index in [4.69, 9.17) is 0 Å². The van der Waals surface area contributed by atoms with Crippen LogP contribution in [0.1, 0.15) is 31.2 Å².